The second-order valence-electron chi connectivity index (χ2n) is 9.27. The molecule has 4 rings (SSSR count). The molecule has 2 aromatic carbocycles. The van der Waals surface area contributed by atoms with E-state index in [0.717, 1.165) is 24.9 Å². The minimum Gasteiger partial charge on any atom is -0.385 e. The molecular formula is C24H31NO2. The molecule has 3 nitrogen and oxygen atoms in total. The minimum absolute atomic E-state index is 0.0827. The zero-order valence-electron chi connectivity index (χ0n) is 16.7. The molecule has 2 saturated heterocycles. The van der Waals surface area contributed by atoms with E-state index in [1.165, 1.54) is 11.1 Å². The van der Waals surface area contributed by atoms with Crippen LogP contribution in [0.3, 0.4) is 0 Å². The van der Waals surface area contributed by atoms with E-state index < -0.39 is 5.60 Å². The molecule has 0 radical (unpaired) electrons. The summed E-state index contributed by atoms with van der Waals surface area (Å²) in [5.74, 6) is 0. The SMILES string of the molecule is CC(C)(C)c1cccc(C2(O)CC3COCC(C2)N3Cc2ccccc2)c1. The van der Waals surface area contributed by atoms with E-state index in [-0.39, 0.29) is 17.5 Å². The van der Waals surface area contributed by atoms with Gasteiger partial charge in [0, 0.05) is 18.6 Å². The fraction of sp³-hybridized carbons (Fsp3) is 0.500. The number of fused-ring (bicyclic) bond motifs is 2. The summed E-state index contributed by atoms with van der Waals surface area (Å²) in [7, 11) is 0. The first-order valence-corrected chi connectivity index (χ1v) is 10.1. The van der Waals surface area contributed by atoms with Crippen LogP contribution in [-0.2, 0) is 22.3 Å². The van der Waals surface area contributed by atoms with Gasteiger partial charge in [0.2, 0.25) is 0 Å². The summed E-state index contributed by atoms with van der Waals surface area (Å²) in [6, 6.07) is 19.7. The molecule has 3 heteroatoms. The highest BCUT2D eigenvalue weighted by molar-refractivity contribution is 5.33. The Morgan fingerprint density at radius 3 is 2.30 bits per heavy atom. The van der Waals surface area contributed by atoms with E-state index in [9.17, 15) is 5.11 Å². The van der Waals surface area contributed by atoms with Gasteiger partial charge in [-0.2, -0.15) is 0 Å². The molecule has 2 fully saturated rings. The molecule has 2 bridgehead atoms. The number of aliphatic hydroxyl groups is 1. The largest absolute Gasteiger partial charge is 0.385 e. The lowest BCUT2D eigenvalue weighted by Gasteiger charge is -2.52. The number of benzene rings is 2. The average Bonchev–Trinajstić information content (AvgIpc) is 2.63. The summed E-state index contributed by atoms with van der Waals surface area (Å²) in [6.45, 7) is 9.00. The monoisotopic (exact) mass is 365 g/mol. The number of ether oxygens (including phenoxy) is 1. The molecule has 2 unspecified atom stereocenters. The molecule has 0 spiro atoms. The molecule has 0 aromatic heterocycles. The van der Waals surface area contributed by atoms with E-state index in [1.807, 2.05) is 0 Å². The van der Waals surface area contributed by atoms with Crippen LogP contribution in [0.4, 0.5) is 0 Å². The van der Waals surface area contributed by atoms with Gasteiger partial charge in [0.1, 0.15) is 0 Å². The summed E-state index contributed by atoms with van der Waals surface area (Å²) < 4.78 is 5.86. The first-order valence-electron chi connectivity index (χ1n) is 10.1. The minimum atomic E-state index is -0.770. The summed E-state index contributed by atoms with van der Waals surface area (Å²) in [4.78, 5) is 2.54. The predicted octanol–water partition coefficient (Wildman–Crippen LogP) is 4.24. The second kappa shape index (κ2) is 7.05. The van der Waals surface area contributed by atoms with Crippen LogP contribution in [0.5, 0.6) is 0 Å². The van der Waals surface area contributed by atoms with Crippen molar-refractivity contribution in [3.05, 3.63) is 71.3 Å². The van der Waals surface area contributed by atoms with Crippen LogP contribution in [0.2, 0.25) is 0 Å². The van der Waals surface area contributed by atoms with Crippen LogP contribution in [0, 0.1) is 0 Å². The van der Waals surface area contributed by atoms with Gasteiger partial charge in [0.05, 0.1) is 18.8 Å². The van der Waals surface area contributed by atoms with E-state index in [1.54, 1.807) is 0 Å². The highest BCUT2D eigenvalue weighted by atomic mass is 16.5. The third kappa shape index (κ3) is 3.82. The number of rotatable bonds is 3. The standard InChI is InChI=1S/C24H31NO2/c1-23(2,3)19-10-7-11-20(12-19)24(26)13-21-16-27-17-22(14-24)25(21)15-18-8-5-4-6-9-18/h4-12,21-22,26H,13-17H2,1-3H3. The van der Waals surface area contributed by atoms with Gasteiger partial charge in [-0.05, 0) is 34.9 Å². The Morgan fingerprint density at radius 1 is 1.00 bits per heavy atom. The highest BCUT2D eigenvalue weighted by Crippen LogP contribution is 2.42. The lowest BCUT2D eigenvalue weighted by Crippen LogP contribution is -2.60. The molecule has 0 saturated carbocycles. The zero-order chi connectivity index (χ0) is 19.1. The van der Waals surface area contributed by atoms with Crippen molar-refractivity contribution in [2.24, 2.45) is 0 Å². The molecule has 1 N–H and O–H groups in total. The van der Waals surface area contributed by atoms with Gasteiger partial charge in [-0.15, -0.1) is 0 Å². The summed E-state index contributed by atoms with van der Waals surface area (Å²) in [5, 5.41) is 11.6. The van der Waals surface area contributed by atoms with Crippen molar-refractivity contribution in [2.45, 2.75) is 63.3 Å². The first kappa shape index (κ1) is 18.7. The Balaban J connectivity index is 1.59. The molecule has 2 aliphatic heterocycles. The topological polar surface area (TPSA) is 32.7 Å². The lowest BCUT2D eigenvalue weighted by atomic mass is 9.75. The van der Waals surface area contributed by atoms with E-state index >= 15 is 0 Å². The highest BCUT2D eigenvalue weighted by Gasteiger charge is 2.47. The van der Waals surface area contributed by atoms with Gasteiger partial charge < -0.3 is 9.84 Å². The summed E-state index contributed by atoms with van der Waals surface area (Å²) in [6.07, 6.45) is 1.45. The fourth-order valence-electron chi connectivity index (χ4n) is 4.61. The predicted molar refractivity (Wildman–Crippen MR) is 109 cm³/mol. The maximum Gasteiger partial charge on any atom is 0.0928 e. The third-order valence-electron chi connectivity index (χ3n) is 6.18. The van der Waals surface area contributed by atoms with Crippen molar-refractivity contribution < 1.29 is 9.84 Å². The molecular weight excluding hydrogens is 334 g/mol. The number of piperidine rings is 1. The smallest absolute Gasteiger partial charge is 0.0928 e. The molecule has 2 heterocycles. The van der Waals surface area contributed by atoms with E-state index in [4.69, 9.17) is 4.74 Å². The van der Waals surface area contributed by atoms with Gasteiger partial charge in [-0.3, -0.25) is 4.90 Å². The number of hydrogen-bond donors (Lipinski definition) is 1. The van der Waals surface area contributed by atoms with Gasteiger partial charge >= 0.3 is 0 Å². The molecule has 27 heavy (non-hydrogen) atoms. The van der Waals surface area contributed by atoms with Crippen molar-refractivity contribution in [1.82, 2.24) is 4.90 Å². The Morgan fingerprint density at radius 2 is 1.67 bits per heavy atom. The molecule has 2 aromatic rings. The van der Waals surface area contributed by atoms with Gasteiger partial charge in [0.15, 0.2) is 0 Å². The number of hydrogen-bond acceptors (Lipinski definition) is 3. The second-order valence-corrected chi connectivity index (χ2v) is 9.27. The first-order chi connectivity index (χ1) is 12.9. The van der Waals surface area contributed by atoms with Gasteiger partial charge in [0.25, 0.3) is 0 Å². The van der Waals surface area contributed by atoms with Crippen LogP contribution < -0.4 is 0 Å². The number of morpholine rings is 1. The fourth-order valence-corrected chi connectivity index (χ4v) is 4.61. The third-order valence-corrected chi connectivity index (χ3v) is 6.18. The molecule has 2 atom stereocenters. The quantitative estimate of drug-likeness (QED) is 0.883. The van der Waals surface area contributed by atoms with Crippen LogP contribution in [0.15, 0.2) is 54.6 Å². The van der Waals surface area contributed by atoms with Crippen molar-refractivity contribution in [2.75, 3.05) is 13.2 Å². The lowest BCUT2D eigenvalue weighted by molar-refractivity contribution is -0.149. The molecule has 0 amide bonds. The zero-order valence-corrected chi connectivity index (χ0v) is 16.7. The van der Waals surface area contributed by atoms with E-state index in [2.05, 4.69) is 80.3 Å². The summed E-state index contributed by atoms with van der Waals surface area (Å²) in [5.41, 5.74) is 2.98. The van der Waals surface area contributed by atoms with Crippen molar-refractivity contribution in [3.63, 3.8) is 0 Å². The Labute approximate surface area is 163 Å². The van der Waals surface area contributed by atoms with Gasteiger partial charge in [-0.1, -0.05) is 75.4 Å². The number of nitrogens with zero attached hydrogens (tertiary/aromatic N) is 1. The van der Waals surface area contributed by atoms with Gasteiger partial charge in [-0.25, -0.2) is 0 Å². The van der Waals surface area contributed by atoms with Crippen molar-refractivity contribution in [1.29, 1.82) is 0 Å². The summed E-state index contributed by atoms with van der Waals surface area (Å²) >= 11 is 0. The van der Waals surface area contributed by atoms with Crippen molar-refractivity contribution >= 4 is 0 Å². The maximum absolute atomic E-state index is 11.6. The molecule has 2 aliphatic rings. The average molecular weight is 366 g/mol. The normalized spacial score (nSPS) is 28.9. The van der Waals surface area contributed by atoms with Crippen LogP contribution in [0.25, 0.3) is 0 Å². The maximum atomic E-state index is 11.6. The Kier molecular flexibility index (Phi) is 4.87. The van der Waals surface area contributed by atoms with E-state index in [0.29, 0.717) is 13.2 Å². The molecule has 0 aliphatic carbocycles. The molecule has 144 valence electrons. The Bertz CT molecular complexity index is 766. The Hall–Kier alpha value is -1.68. The van der Waals surface area contributed by atoms with Crippen LogP contribution in [0.1, 0.15) is 50.3 Å². The van der Waals surface area contributed by atoms with Crippen molar-refractivity contribution in [3.8, 4) is 0 Å². The van der Waals surface area contributed by atoms with Crippen LogP contribution in [-0.4, -0.2) is 35.3 Å². The van der Waals surface area contributed by atoms with Crippen LogP contribution >= 0.6 is 0 Å².